The first-order chi connectivity index (χ1) is 8.13. The fraction of sp³-hybridized carbons (Fsp3) is 0.462. The summed E-state index contributed by atoms with van der Waals surface area (Å²) in [5.74, 6) is -0.253. The standard InChI is InChI=1S/C13H18BrNO2/c1-3-17-13(16)10(2)8-15-9-11-5-4-6-12(14)7-11/h4-7,10,15H,3,8-9H2,1-2H3. The van der Waals surface area contributed by atoms with Crippen LogP contribution in [0.2, 0.25) is 0 Å². The number of nitrogens with one attached hydrogen (secondary N) is 1. The van der Waals surface area contributed by atoms with Crippen LogP contribution in [-0.4, -0.2) is 19.1 Å². The number of esters is 1. The summed E-state index contributed by atoms with van der Waals surface area (Å²) in [4.78, 5) is 11.4. The van der Waals surface area contributed by atoms with Crippen molar-refractivity contribution in [2.24, 2.45) is 5.92 Å². The van der Waals surface area contributed by atoms with Gasteiger partial charge in [-0.05, 0) is 24.6 Å². The molecular weight excluding hydrogens is 282 g/mol. The monoisotopic (exact) mass is 299 g/mol. The largest absolute Gasteiger partial charge is 0.466 e. The minimum absolute atomic E-state index is 0.109. The summed E-state index contributed by atoms with van der Waals surface area (Å²) in [6.07, 6.45) is 0. The number of halogens is 1. The lowest BCUT2D eigenvalue weighted by Crippen LogP contribution is -2.27. The van der Waals surface area contributed by atoms with Gasteiger partial charge < -0.3 is 10.1 Å². The number of hydrogen-bond donors (Lipinski definition) is 1. The molecule has 1 N–H and O–H groups in total. The van der Waals surface area contributed by atoms with Crippen molar-refractivity contribution >= 4 is 21.9 Å². The summed E-state index contributed by atoms with van der Waals surface area (Å²) in [5, 5.41) is 3.25. The highest BCUT2D eigenvalue weighted by molar-refractivity contribution is 9.10. The molecule has 0 aliphatic carbocycles. The Bertz CT molecular complexity index is 368. The molecule has 0 aliphatic rings. The SMILES string of the molecule is CCOC(=O)C(C)CNCc1cccc(Br)c1. The van der Waals surface area contributed by atoms with E-state index in [4.69, 9.17) is 4.74 Å². The van der Waals surface area contributed by atoms with Gasteiger partial charge in [0.1, 0.15) is 0 Å². The van der Waals surface area contributed by atoms with Crippen molar-refractivity contribution in [1.82, 2.24) is 5.32 Å². The van der Waals surface area contributed by atoms with Crippen molar-refractivity contribution in [1.29, 1.82) is 0 Å². The van der Waals surface area contributed by atoms with Gasteiger partial charge in [-0.1, -0.05) is 35.0 Å². The van der Waals surface area contributed by atoms with Crippen LogP contribution in [0.1, 0.15) is 19.4 Å². The molecule has 0 radical (unpaired) electrons. The summed E-state index contributed by atoms with van der Waals surface area (Å²) >= 11 is 3.42. The highest BCUT2D eigenvalue weighted by Crippen LogP contribution is 2.11. The van der Waals surface area contributed by atoms with Gasteiger partial charge in [-0.2, -0.15) is 0 Å². The van der Waals surface area contributed by atoms with Gasteiger partial charge in [-0.3, -0.25) is 4.79 Å². The first-order valence-corrected chi connectivity index (χ1v) is 6.54. The topological polar surface area (TPSA) is 38.3 Å². The lowest BCUT2D eigenvalue weighted by atomic mass is 10.1. The summed E-state index contributed by atoms with van der Waals surface area (Å²) < 4.78 is 6.00. The molecular formula is C13H18BrNO2. The van der Waals surface area contributed by atoms with E-state index in [0.29, 0.717) is 13.2 Å². The summed E-state index contributed by atoms with van der Waals surface area (Å²) in [5.41, 5.74) is 1.19. The fourth-order valence-electron chi connectivity index (χ4n) is 1.45. The van der Waals surface area contributed by atoms with Crippen LogP contribution in [0.15, 0.2) is 28.7 Å². The van der Waals surface area contributed by atoms with Gasteiger partial charge in [-0.25, -0.2) is 0 Å². The zero-order valence-corrected chi connectivity index (χ0v) is 11.8. The van der Waals surface area contributed by atoms with Gasteiger partial charge in [0.25, 0.3) is 0 Å². The van der Waals surface area contributed by atoms with Crippen molar-refractivity contribution in [3.63, 3.8) is 0 Å². The molecule has 94 valence electrons. The van der Waals surface area contributed by atoms with E-state index in [1.54, 1.807) is 0 Å². The molecule has 1 atom stereocenters. The summed E-state index contributed by atoms with van der Waals surface area (Å²) in [6.45, 7) is 5.51. The second-order valence-corrected chi connectivity index (χ2v) is 4.83. The van der Waals surface area contributed by atoms with E-state index in [2.05, 4.69) is 27.3 Å². The Balaban J connectivity index is 2.30. The van der Waals surface area contributed by atoms with Crippen LogP contribution in [-0.2, 0) is 16.1 Å². The molecule has 3 nitrogen and oxygen atoms in total. The number of hydrogen-bond acceptors (Lipinski definition) is 3. The van der Waals surface area contributed by atoms with Crippen LogP contribution < -0.4 is 5.32 Å². The van der Waals surface area contributed by atoms with Crippen molar-refractivity contribution in [2.75, 3.05) is 13.2 Å². The normalized spacial score (nSPS) is 12.2. The third-order valence-corrected chi connectivity index (χ3v) is 2.85. The quantitative estimate of drug-likeness (QED) is 0.821. The van der Waals surface area contributed by atoms with Crippen molar-refractivity contribution in [2.45, 2.75) is 20.4 Å². The molecule has 1 aromatic rings. The number of carbonyl (C=O) groups excluding carboxylic acids is 1. The van der Waals surface area contributed by atoms with Gasteiger partial charge in [-0.15, -0.1) is 0 Å². The molecule has 0 aromatic heterocycles. The van der Waals surface area contributed by atoms with E-state index in [0.717, 1.165) is 11.0 Å². The van der Waals surface area contributed by atoms with E-state index in [9.17, 15) is 4.79 Å². The molecule has 0 amide bonds. The maximum Gasteiger partial charge on any atom is 0.309 e. The Morgan fingerprint density at radius 2 is 2.29 bits per heavy atom. The van der Waals surface area contributed by atoms with Gasteiger partial charge >= 0.3 is 5.97 Å². The van der Waals surface area contributed by atoms with Crippen LogP contribution in [0.25, 0.3) is 0 Å². The van der Waals surface area contributed by atoms with Crippen molar-refractivity contribution in [3.05, 3.63) is 34.3 Å². The average molecular weight is 300 g/mol. The molecule has 0 spiro atoms. The first kappa shape index (κ1) is 14.2. The Kier molecular flexibility index (Phi) is 6.22. The maximum absolute atomic E-state index is 11.4. The maximum atomic E-state index is 11.4. The smallest absolute Gasteiger partial charge is 0.309 e. The van der Waals surface area contributed by atoms with E-state index in [1.165, 1.54) is 5.56 Å². The Morgan fingerprint density at radius 1 is 1.53 bits per heavy atom. The van der Waals surface area contributed by atoms with Gasteiger partial charge in [0, 0.05) is 17.6 Å². The third kappa shape index (κ3) is 5.33. The highest BCUT2D eigenvalue weighted by atomic mass is 79.9. The summed E-state index contributed by atoms with van der Waals surface area (Å²) in [7, 11) is 0. The molecule has 1 unspecified atom stereocenters. The average Bonchev–Trinajstić information content (AvgIpc) is 2.29. The molecule has 0 aliphatic heterocycles. The molecule has 0 saturated carbocycles. The molecule has 1 rings (SSSR count). The second-order valence-electron chi connectivity index (χ2n) is 3.91. The van der Waals surface area contributed by atoms with Crippen LogP contribution in [0.3, 0.4) is 0 Å². The highest BCUT2D eigenvalue weighted by Gasteiger charge is 2.12. The number of carbonyl (C=O) groups is 1. The number of rotatable bonds is 6. The zero-order chi connectivity index (χ0) is 12.7. The molecule has 0 saturated heterocycles. The van der Waals surface area contributed by atoms with Crippen LogP contribution >= 0.6 is 15.9 Å². The molecule has 1 aromatic carbocycles. The van der Waals surface area contributed by atoms with E-state index < -0.39 is 0 Å². The van der Waals surface area contributed by atoms with E-state index in [-0.39, 0.29) is 11.9 Å². The molecule has 0 bridgehead atoms. The Morgan fingerprint density at radius 3 is 2.94 bits per heavy atom. The van der Waals surface area contributed by atoms with Crippen molar-refractivity contribution in [3.8, 4) is 0 Å². The fourth-order valence-corrected chi connectivity index (χ4v) is 1.89. The molecule has 0 heterocycles. The van der Waals surface area contributed by atoms with Crippen LogP contribution in [0.4, 0.5) is 0 Å². The molecule has 0 fully saturated rings. The predicted octanol–water partition coefficient (Wildman–Crippen LogP) is 2.74. The first-order valence-electron chi connectivity index (χ1n) is 5.75. The lowest BCUT2D eigenvalue weighted by molar-refractivity contribution is -0.147. The lowest BCUT2D eigenvalue weighted by Gasteiger charge is -2.11. The van der Waals surface area contributed by atoms with Gasteiger partial charge in [0.15, 0.2) is 0 Å². The molecule has 4 heteroatoms. The van der Waals surface area contributed by atoms with E-state index in [1.807, 2.05) is 32.0 Å². The third-order valence-electron chi connectivity index (χ3n) is 2.36. The minimum atomic E-state index is -0.144. The van der Waals surface area contributed by atoms with Gasteiger partial charge in [0.05, 0.1) is 12.5 Å². The number of benzene rings is 1. The predicted molar refractivity (Wildman–Crippen MR) is 71.6 cm³/mol. The van der Waals surface area contributed by atoms with E-state index >= 15 is 0 Å². The number of ether oxygens (including phenoxy) is 1. The molecule has 17 heavy (non-hydrogen) atoms. The minimum Gasteiger partial charge on any atom is -0.466 e. The zero-order valence-electron chi connectivity index (χ0n) is 10.2. The van der Waals surface area contributed by atoms with Crippen LogP contribution in [0, 0.1) is 5.92 Å². The Labute approximate surface area is 111 Å². The summed E-state index contributed by atoms with van der Waals surface area (Å²) in [6, 6.07) is 8.09. The van der Waals surface area contributed by atoms with Crippen LogP contribution in [0.5, 0.6) is 0 Å². The Hall–Kier alpha value is -0.870. The van der Waals surface area contributed by atoms with Gasteiger partial charge in [0.2, 0.25) is 0 Å². The van der Waals surface area contributed by atoms with Crippen molar-refractivity contribution < 1.29 is 9.53 Å². The second kappa shape index (κ2) is 7.45.